The predicted octanol–water partition coefficient (Wildman–Crippen LogP) is 2.73. The average molecular weight is 267 g/mol. The topological polar surface area (TPSA) is 0 Å². The van der Waals surface area contributed by atoms with Crippen LogP contribution in [0.4, 0.5) is 0 Å². The Kier molecular flexibility index (Phi) is 80.2. The summed E-state index contributed by atoms with van der Waals surface area (Å²) in [6.07, 6.45) is 0. The third-order valence-electron chi connectivity index (χ3n) is 0. The molecule has 6 heavy (non-hydrogen) atoms. The van der Waals surface area contributed by atoms with E-state index in [9.17, 15) is 0 Å². The standard InChI is InChI=1S/C2H5.CHBr2.Zn/c1-2;2-1-3;/h1H2,2H3;1H;/q2*-1;+2. The Morgan fingerprint density at radius 2 is 1.33 bits per heavy atom. The Morgan fingerprint density at radius 1 is 1.33 bits per heavy atom. The van der Waals surface area contributed by atoms with E-state index >= 15 is 0 Å². The first-order valence-electron chi connectivity index (χ1n) is 1.14. The fourth-order valence-electron chi connectivity index (χ4n) is 0. The zero-order valence-corrected chi connectivity index (χ0v) is 9.89. The molecule has 0 amide bonds. The van der Waals surface area contributed by atoms with Crippen molar-refractivity contribution < 1.29 is 19.5 Å². The fraction of sp³-hybridized carbons (Fsp3) is 0.333. The summed E-state index contributed by atoms with van der Waals surface area (Å²) < 4.78 is 1.62. The van der Waals surface area contributed by atoms with Gasteiger partial charge in [0.15, 0.2) is 0 Å². The summed E-state index contributed by atoms with van der Waals surface area (Å²) >= 11 is 5.88. The van der Waals surface area contributed by atoms with Crippen LogP contribution in [0.25, 0.3) is 0 Å². The molecule has 0 rings (SSSR count). The van der Waals surface area contributed by atoms with Crippen LogP contribution in [-0.2, 0) is 19.5 Å². The van der Waals surface area contributed by atoms with Crippen molar-refractivity contribution in [3.8, 4) is 0 Å². The molecule has 0 aliphatic carbocycles. The molecule has 0 nitrogen and oxygen atoms in total. The molecule has 0 aromatic carbocycles. The maximum atomic E-state index is 3.25. The Bertz CT molecular complexity index is 8.75. The molecular weight excluding hydrogens is 261 g/mol. The van der Waals surface area contributed by atoms with Gasteiger partial charge in [0.25, 0.3) is 0 Å². The summed E-state index contributed by atoms with van der Waals surface area (Å²) in [4.78, 5) is 0. The molecule has 3 heteroatoms. The Balaban J connectivity index is -0.0000000275. The van der Waals surface area contributed by atoms with Crippen LogP contribution in [0.3, 0.4) is 0 Å². The quantitative estimate of drug-likeness (QED) is 0.467. The molecule has 0 saturated carbocycles. The van der Waals surface area contributed by atoms with Gasteiger partial charge in [0.05, 0.1) is 0 Å². The monoisotopic (exact) mass is 264 g/mol. The minimum Gasteiger partial charge on any atom is -0.346 e. The molecule has 0 radical (unpaired) electrons. The summed E-state index contributed by atoms with van der Waals surface area (Å²) in [7, 11) is 0. The van der Waals surface area contributed by atoms with Crippen molar-refractivity contribution in [1.82, 2.24) is 0 Å². The van der Waals surface area contributed by atoms with Crippen LogP contribution in [0.2, 0.25) is 0 Å². The third-order valence-corrected chi connectivity index (χ3v) is 0. The first kappa shape index (κ1) is 15.6. The minimum atomic E-state index is 0. The molecule has 0 aliphatic rings. The van der Waals surface area contributed by atoms with E-state index in [1.165, 1.54) is 0 Å². The van der Waals surface area contributed by atoms with E-state index in [-0.39, 0.29) is 19.5 Å². The second-order valence-corrected chi connectivity index (χ2v) is 2.23. The number of halogens is 2. The van der Waals surface area contributed by atoms with Crippen molar-refractivity contribution in [3.63, 3.8) is 0 Å². The summed E-state index contributed by atoms with van der Waals surface area (Å²) in [5.41, 5.74) is 0. The van der Waals surface area contributed by atoms with Gasteiger partial charge in [-0.2, -0.15) is 6.92 Å². The van der Waals surface area contributed by atoms with Crippen LogP contribution in [-0.4, -0.2) is 0 Å². The smallest absolute Gasteiger partial charge is 0.346 e. The molecule has 34 valence electrons. The SMILES string of the molecule is Br[CH-]Br.[CH2-]C.[Zn+2]. The van der Waals surface area contributed by atoms with Crippen LogP contribution in [0.15, 0.2) is 0 Å². The first-order chi connectivity index (χ1) is 2.41. The van der Waals surface area contributed by atoms with Gasteiger partial charge in [-0.3, -0.25) is 0 Å². The second-order valence-electron chi connectivity index (χ2n) is 0.0825. The van der Waals surface area contributed by atoms with E-state index in [0.717, 1.165) is 0 Å². The van der Waals surface area contributed by atoms with Gasteiger partial charge < -0.3 is 38.8 Å². The molecule has 0 spiro atoms. The number of hydrogen-bond acceptors (Lipinski definition) is 0. The molecule has 0 bridgehead atoms. The van der Waals surface area contributed by atoms with Crippen LogP contribution >= 0.6 is 31.9 Å². The molecular formula is C3H6Br2Zn. The van der Waals surface area contributed by atoms with Crippen molar-refractivity contribution >= 4 is 31.9 Å². The van der Waals surface area contributed by atoms with Crippen LogP contribution in [0.5, 0.6) is 0 Å². The molecule has 0 N–H and O–H groups in total. The van der Waals surface area contributed by atoms with Crippen LogP contribution in [0.1, 0.15) is 6.92 Å². The fourth-order valence-corrected chi connectivity index (χ4v) is 0. The van der Waals surface area contributed by atoms with Gasteiger partial charge >= 0.3 is 19.5 Å². The maximum absolute atomic E-state index is 3.25. The van der Waals surface area contributed by atoms with Gasteiger partial charge in [0, 0.05) is 0 Å². The van der Waals surface area contributed by atoms with Crippen molar-refractivity contribution in [2.75, 3.05) is 0 Å². The van der Waals surface area contributed by atoms with Crippen molar-refractivity contribution in [2.24, 2.45) is 0 Å². The zero-order valence-electron chi connectivity index (χ0n) is 3.75. The third kappa shape index (κ3) is 46.8. The van der Waals surface area contributed by atoms with Gasteiger partial charge in [0.1, 0.15) is 0 Å². The van der Waals surface area contributed by atoms with Gasteiger partial charge in [-0.1, -0.05) is 0 Å². The van der Waals surface area contributed by atoms with E-state index in [4.69, 9.17) is 0 Å². The largest absolute Gasteiger partial charge is 2.00 e. The normalized spacial score (nSPS) is 4.00. The van der Waals surface area contributed by atoms with E-state index < -0.39 is 0 Å². The van der Waals surface area contributed by atoms with Crippen LogP contribution < -0.4 is 0 Å². The Morgan fingerprint density at radius 3 is 1.33 bits per heavy atom. The molecule has 0 fully saturated rings. The molecule has 0 heterocycles. The van der Waals surface area contributed by atoms with E-state index in [1.807, 2.05) is 0 Å². The average Bonchev–Trinajstić information content (AvgIpc) is 1.46. The van der Waals surface area contributed by atoms with Crippen molar-refractivity contribution in [2.45, 2.75) is 6.92 Å². The summed E-state index contributed by atoms with van der Waals surface area (Å²) in [5.74, 6) is 0. The molecule has 0 aromatic heterocycles. The Hall–Kier alpha value is 1.58. The number of rotatable bonds is 0. The van der Waals surface area contributed by atoms with Gasteiger partial charge in [0.2, 0.25) is 0 Å². The summed E-state index contributed by atoms with van der Waals surface area (Å²) in [5, 5.41) is 0. The predicted molar refractivity (Wildman–Crippen MR) is 33.2 cm³/mol. The van der Waals surface area contributed by atoms with Gasteiger partial charge in [-0.25, -0.2) is 4.24 Å². The number of hydrogen-bond donors (Lipinski definition) is 0. The zero-order chi connectivity index (χ0) is 4.71. The van der Waals surface area contributed by atoms with E-state index in [1.54, 1.807) is 11.2 Å². The van der Waals surface area contributed by atoms with Crippen molar-refractivity contribution in [1.29, 1.82) is 0 Å². The minimum absolute atomic E-state index is 0. The summed E-state index contributed by atoms with van der Waals surface area (Å²) in [6.45, 7) is 5.00. The van der Waals surface area contributed by atoms with E-state index in [2.05, 4.69) is 38.8 Å². The molecule has 0 atom stereocenters. The summed E-state index contributed by atoms with van der Waals surface area (Å²) in [6, 6.07) is 0. The second kappa shape index (κ2) is 30.8. The molecule has 0 aliphatic heterocycles. The maximum Gasteiger partial charge on any atom is 2.00 e. The molecule has 0 saturated heterocycles. The first-order valence-corrected chi connectivity index (χ1v) is 2.97. The van der Waals surface area contributed by atoms with Crippen LogP contribution in [0, 0.1) is 11.2 Å². The van der Waals surface area contributed by atoms with Gasteiger partial charge in [-0.05, 0) is 0 Å². The molecule has 0 aromatic rings. The Labute approximate surface area is 69.1 Å². The molecule has 0 unspecified atom stereocenters. The van der Waals surface area contributed by atoms with Crippen molar-refractivity contribution in [3.05, 3.63) is 11.2 Å². The van der Waals surface area contributed by atoms with E-state index in [0.29, 0.717) is 0 Å². The van der Waals surface area contributed by atoms with Gasteiger partial charge in [-0.15, -0.1) is 0 Å².